The Morgan fingerprint density at radius 3 is 1.94 bits per heavy atom. The van der Waals surface area contributed by atoms with Gasteiger partial charge in [-0.15, -0.1) is 0 Å². The van der Waals surface area contributed by atoms with Gasteiger partial charge in [0.05, 0.1) is 27.9 Å². The molecule has 0 radical (unpaired) electrons. The van der Waals surface area contributed by atoms with Gasteiger partial charge < -0.3 is 29.3 Å². The molecule has 182 valence electrons. The van der Waals surface area contributed by atoms with E-state index in [1.165, 1.54) is 59.1 Å². The van der Waals surface area contributed by atoms with Crippen LogP contribution in [0.15, 0.2) is 12.1 Å². The lowest BCUT2D eigenvalue weighted by molar-refractivity contribution is -0.139. The van der Waals surface area contributed by atoms with Crippen molar-refractivity contribution < 1.29 is 28.6 Å². The van der Waals surface area contributed by atoms with Gasteiger partial charge in [-0.1, -0.05) is 25.7 Å². The van der Waals surface area contributed by atoms with Crippen molar-refractivity contribution in [1.82, 2.24) is 15.1 Å². The molecule has 1 N–H and O–H groups in total. The smallest absolute Gasteiger partial charge is 0.251 e. The fourth-order valence-electron chi connectivity index (χ4n) is 4.57. The number of hydrogen-bond donors (Lipinski definition) is 1. The number of carbonyl (C=O) groups excluding carboxylic acids is 3. The zero-order valence-electron chi connectivity index (χ0n) is 19.9. The first-order chi connectivity index (χ1) is 16.0. The van der Waals surface area contributed by atoms with Crippen LogP contribution in [0.25, 0.3) is 0 Å². The number of ether oxygens (including phenoxy) is 3. The van der Waals surface area contributed by atoms with Crippen LogP contribution in [0.1, 0.15) is 48.9 Å². The Hall–Kier alpha value is -2.97. The highest BCUT2D eigenvalue weighted by Gasteiger charge is 2.25. The molecule has 3 rings (SSSR count). The van der Waals surface area contributed by atoms with Crippen LogP contribution in [-0.2, 0) is 9.59 Å². The maximum atomic E-state index is 12.6. The predicted molar refractivity (Wildman–Crippen MR) is 123 cm³/mol. The normalized spacial score (nSPS) is 16.5. The van der Waals surface area contributed by atoms with E-state index in [0.717, 1.165) is 6.42 Å². The Morgan fingerprint density at radius 2 is 1.42 bits per heavy atom. The fraction of sp³-hybridized carbons (Fsp3) is 0.625. The molecule has 1 heterocycles. The highest BCUT2D eigenvalue weighted by Crippen LogP contribution is 2.38. The molecule has 1 saturated carbocycles. The van der Waals surface area contributed by atoms with E-state index in [1.807, 2.05) is 4.90 Å². The van der Waals surface area contributed by atoms with Crippen molar-refractivity contribution in [3.05, 3.63) is 17.7 Å². The molecular formula is C24H35N3O6. The van der Waals surface area contributed by atoms with E-state index in [2.05, 4.69) is 5.32 Å². The monoisotopic (exact) mass is 461 g/mol. The van der Waals surface area contributed by atoms with Crippen LogP contribution in [0.3, 0.4) is 0 Å². The summed E-state index contributed by atoms with van der Waals surface area (Å²) in [5, 5.41) is 2.66. The molecular weight excluding hydrogens is 426 g/mol. The molecule has 2 fully saturated rings. The van der Waals surface area contributed by atoms with Crippen molar-refractivity contribution in [3.8, 4) is 17.2 Å². The summed E-state index contributed by atoms with van der Waals surface area (Å²) >= 11 is 0. The number of amides is 3. The maximum absolute atomic E-state index is 12.6. The minimum atomic E-state index is -0.414. The molecule has 9 nitrogen and oxygen atoms in total. The Kier molecular flexibility index (Phi) is 8.79. The largest absolute Gasteiger partial charge is 0.493 e. The van der Waals surface area contributed by atoms with Crippen LogP contribution < -0.4 is 19.5 Å². The number of piperazine rings is 1. The molecule has 3 amide bonds. The molecule has 1 aromatic rings. The number of nitrogens with zero attached hydrogens (tertiary/aromatic N) is 2. The van der Waals surface area contributed by atoms with Crippen LogP contribution in [-0.4, -0.2) is 81.6 Å². The summed E-state index contributed by atoms with van der Waals surface area (Å²) in [6.45, 7) is 1.92. The lowest BCUT2D eigenvalue weighted by atomic mass is 10.0. The average molecular weight is 462 g/mol. The molecule has 0 unspecified atom stereocenters. The summed E-state index contributed by atoms with van der Waals surface area (Å²) in [6, 6.07) is 3.08. The lowest BCUT2D eigenvalue weighted by Gasteiger charge is -2.35. The SMILES string of the molecule is COc1cc(C(=O)NCC(=O)N2CCN(C(=O)CCC3CCCC3)CC2)cc(OC)c1OC. The zero-order valence-corrected chi connectivity index (χ0v) is 19.9. The molecule has 1 aromatic carbocycles. The zero-order chi connectivity index (χ0) is 23.8. The van der Waals surface area contributed by atoms with Crippen molar-refractivity contribution in [1.29, 1.82) is 0 Å². The van der Waals surface area contributed by atoms with Crippen LogP contribution >= 0.6 is 0 Å². The van der Waals surface area contributed by atoms with E-state index in [4.69, 9.17) is 14.2 Å². The van der Waals surface area contributed by atoms with Gasteiger partial charge in [-0.25, -0.2) is 0 Å². The molecule has 0 spiro atoms. The number of methoxy groups -OCH3 is 3. The average Bonchev–Trinajstić information content (AvgIpc) is 3.38. The number of nitrogens with one attached hydrogen (secondary N) is 1. The van der Waals surface area contributed by atoms with E-state index >= 15 is 0 Å². The second kappa shape index (κ2) is 11.8. The van der Waals surface area contributed by atoms with E-state index in [9.17, 15) is 14.4 Å². The molecule has 2 aliphatic rings. The van der Waals surface area contributed by atoms with Gasteiger partial charge in [0.1, 0.15) is 0 Å². The van der Waals surface area contributed by atoms with E-state index in [-0.39, 0.29) is 18.4 Å². The van der Waals surface area contributed by atoms with Gasteiger partial charge in [-0.05, 0) is 24.5 Å². The van der Waals surface area contributed by atoms with Gasteiger partial charge >= 0.3 is 0 Å². The molecule has 0 aromatic heterocycles. The van der Waals surface area contributed by atoms with E-state index in [1.54, 1.807) is 4.90 Å². The number of carbonyl (C=O) groups is 3. The van der Waals surface area contributed by atoms with Crippen LogP contribution in [0.4, 0.5) is 0 Å². The van der Waals surface area contributed by atoms with Crippen molar-refractivity contribution >= 4 is 17.7 Å². The summed E-state index contributed by atoms with van der Waals surface area (Å²) < 4.78 is 15.8. The van der Waals surface area contributed by atoms with Gasteiger partial charge in [0.25, 0.3) is 5.91 Å². The summed E-state index contributed by atoms with van der Waals surface area (Å²) in [5.74, 6) is 1.42. The Morgan fingerprint density at radius 1 is 0.879 bits per heavy atom. The third-order valence-electron chi connectivity index (χ3n) is 6.55. The first kappa shape index (κ1) is 24.7. The van der Waals surface area contributed by atoms with E-state index < -0.39 is 5.91 Å². The van der Waals surface area contributed by atoms with Gasteiger partial charge in [-0.3, -0.25) is 14.4 Å². The third-order valence-corrected chi connectivity index (χ3v) is 6.55. The van der Waals surface area contributed by atoms with Crippen molar-refractivity contribution in [2.24, 2.45) is 5.92 Å². The minimum Gasteiger partial charge on any atom is -0.493 e. The number of rotatable bonds is 9. The standard InChI is InChI=1S/C24H35N3O6/c1-31-19-14-18(15-20(32-2)23(19)33-3)24(30)25-16-22(29)27-12-10-26(11-13-27)21(28)9-8-17-6-4-5-7-17/h14-15,17H,4-13,16H2,1-3H3,(H,25,30). The molecule has 1 saturated heterocycles. The Bertz CT molecular complexity index is 820. The highest BCUT2D eigenvalue weighted by molar-refractivity contribution is 5.97. The summed E-state index contributed by atoms with van der Waals surface area (Å²) in [5.41, 5.74) is 0.301. The molecule has 9 heteroatoms. The summed E-state index contributed by atoms with van der Waals surface area (Å²) in [6.07, 6.45) is 6.65. The van der Waals surface area contributed by atoms with Crippen molar-refractivity contribution in [3.63, 3.8) is 0 Å². The molecule has 0 bridgehead atoms. The first-order valence-corrected chi connectivity index (χ1v) is 11.6. The molecule has 33 heavy (non-hydrogen) atoms. The fourth-order valence-corrected chi connectivity index (χ4v) is 4.57. The van der Waals surface area contributed by atoms with Crippen LogP contribution in [0.2, 0.25) is 0 Å². The predicted octanol–water partition coefficient (Wildman–Crippen LogP) is 2.08. The van der Waals surface area contributed by atoms with Crippen LogP contribution in [0.5, 0.6) is 17.2 Å². The second-order valence-corrected chi connectivity index (χ2v) is 8.55. The van der Waals surface area contributed by atoms with Gasteiger partial charge in [0.2, 0.25) is 17.6 Å². The molecule has 1 aliphatic heterocycles. The third kappa shape index (κ3) is 6.30. The Labute approximate surface area is 195 Å². The quantitative estimate of drug-likeness (QED) is 0.605. The highest BCUT2D eigenvalue weighted by atomic mass is 16.5. The Balaban J connectivity index is 1.45. The van der Waals surface area contributed by atoms with E-state index in [0.29, 0.717) is 61.3 Å². The first-order valence-electron chi connectivity index (χ1n) is 11.6. The number of benzene rings is 1. The van der Waals surface area contributed by atoms with Gasteiger partial charge in [0.15, 0.2) is 11.5 Å². The maximum Gasteiger partial charge on any atom is 0.251 e. The lowest BCUT2D eigenvalue weighted by Crippen LogP contribution is -2.52. The minimum absolute atomic E-state index is 0.120. The summed E-state index contributed by atoms with van der Waals surface area (Å²) in [4.78, 5) is 41.2. The van der Waals surface area contributed by atoms with Crippen LogP contribution in [0, 0.1) is 5.92 Å². The van der Waals surface area contributed by atoms with Crippen molar-refractivity contribution in [2.75, 3.05) is 54.1 Å². The molecule has 0 atom stereocenters. The van der Waals surface area contributed by atoms with Gasteiger partial charge in [-0.2, -0.15) is 0 Å². The van der Waals surface area contributed by atoms with Crippen molar-refractivity contribution in [2.45, 2.75) is 38.5 Å². The van der Waals surface area contributed by atoms with Gasteiger partial charge in [0, 0.05) is 38.2 Å². The second-order valence-electron chi connectivity index (χ2n) is 8.55. The summed E-state index contributed by atoms with van der Waals surface area (Å²) in [7, 11) is 4.44. The molecule has 1 aliphatic carbocycles. The number of hydrogen-bond acceptors (Lipinski definition) is 6. The topological polar surface area (TPSA) is 97.4 Å².